The van der Waals surface area contributed by atoms with E-state index in [4.69, 9.17) is 5.11 Å². The Bertz CT molecular complexity index is 670. The van der Waals surface area contributed by atoms with Gasteiger partial charge < -0.3 is 5.11 Å². The van der Waals surface area contributed by atoms with Crippen LogP contribution in [0.5, 0.6) is 0 Å². The minimum absolute atomic E-state index is 0.00741. The van der Waals surface area contributed by atoms with Gasteiger partial charge in [-0.2, -0.15) is 0 Å². The lowest BCUT2D eigenvalue weighted by Crippen LogP contribution is -2.07. The monoisotopic (exact) mass is 309 g/mol. The molecule has 0 radical (unpaired) electrons. The molecule has 0 bridgehead atoms. The number of carboxylic acid groups (broad SMARTS) is 1. The van der Waals surface area contributed by atoms with Crippen LogP contribution >= 0.6 is 11.8 Å². The van der Waals surface area contributed by atoms with Crippen molar-refractivity contribution in [2.45, 2.75) is 32.0 Å². The van der Waals surface area contributed by atoms with E-state index in [9.17, 15) is 9.18 Å². The minimum Gasteiger partial charge on any atom is -0.481 e. The molecule has 5 nitrogen and oxygen atoms in total. The molecule has 0 aliphatic heterocycles. The number of rotatable bonds is 5. The molecule has 2 aromatic rings. The Hall–Kier alpha value is -1.89. The molecule has 1 N–H and O–H groups in total. The number of carboxylic acids is 1. The summed E-state index contributed by atoms with van der Waals surface area (Å²) >= 11 is 1.08. The Balaban J connectivity index is 2.46. The van der Waals surface area contributed by atoms with E-state index >= 15 is 0 Å². The Morgan fingerprint density at radius 1 is 1.43 bits per heavy atom. The highest BCUT2D eigenvalue weighted by Gasteiger charge is 2.19. The van der Waals surface area contributed by atoms with Gasteiger partial charge in [-0.15, -0.1) is 10.2 Å². The van der Waals surface area contributed by atoms with Crippen LogP contribution in [0.3, 0.4) is 0 Å². The summed E-state index contributed by atoms with van der Waals surface area (Å²) in [5.41, 5.74) is 1.19. The number of carbonyl (C=O) groups is 1. The van der Waals surface area contributed by atoms with Crippen LogP contribution in [0.1, 0.15) is 25.5 Å². The van der Waals surface area contributed by atoms with Crippen molar-refractivity contribution in [1.29, 1.82) is 0 Å². The molecule has 0 atom stereocenters. The first kappa shape index (κ1) is 15.5. The maximum absolute atomic E-state index is 14.1. The van der Waals surface area contributed by atoms with Crippen molar-refractivity contribution in [2.24, 2.45) is 0 Å². The molecule has 2 rings (SSSR count). The third-order valence-electron chi connectivity index (χ3n) is 2.87. The van der Waals surface area contributed by atoms with Gasteiger partial charge in [0.2, 0.25) is 0 Å². The number of benzene rings is 1. The van der Waals surface area contributed by atoms with Crippen molar-refractivity contribution in [3.05, 3.63) is 29.6 Å². The summed E-state index contributed by atoms with van der Waals surface area (Å²) in [4.78, 5) is 10.7. The Morgan fingerprint density at radius 2 is 2.14 bits per heavy atom. The maximum Gasteiger partial charge on any atom is 0.313 e. The van der Waals surface area contributed by atoms with Crippen LogP contribution in [0.15, 0.2) is 23.4 Å². The van der Waals surface area contributed by atoms with Crippen molar-refractivity contribution in [2.75, 3.05) is 5.75 Å². The number of aliphatic carboxylic acids is 1. The van der Waals surface area contributed by atoms with Gasteiger partial charge in [0, 0.05) is 6.04 Å². The van der Waals surface area contributed by atoms with Crippen molar-refractivity contribution in [3.8, 4) is 11.4 Å². The van der Waals surface area contributed by atoms with Gasteiger partial charge in [-0.25, -0.2) is 4.39 Å². The molecule has 112 valence electrons. The molecule has 1 heterocycles. The van der Waals surface area contributed by atoms with Gasteiger partial charge in [-0.3, -0.25) is 9.36 Å². The first-order chi connectivity index (χ1) is 9.90. The predicted molar refractivity (Wildman–Crippen MR) is 78.9 cm³/mol. The second-order valence-electron chi connectivity index (χ2n) is 4.94. The number of nitrogens with zero attached hydrogens (tertiary/aromatic N) is 3. The lowest BCUT2D eigenvalue weighted by Gasteiger charge is -2.13. The molecular formula is C14H16FN3O2S. The number of hydrogen-bond acceptors (Lipinski definition) is 4. The van der Waals surface area contributed by atoms with Gasteiger partial charge in [-0.05, 0) is 38.5 Å². The van der Waals surface area contributed by atoms with Crippen LogP contribution in [0, 0.1) is 12.7 Å². The predicted octanol–water partition coefficient (Wildman–Crippen LogP) is 3.15. The van der Waals surface area contributed by atoms with Crippen LogP contribution < -0.4 is 0 Å². The van der Waals surface area contributed by atoms with E-state index < -0.39 is 5.97 Å². The fourth-order valence-electron chi connectivity index (χ4n) is 1.95. The maximum atomic E-state index is 14.1. The standard InChI is InChI=1S/C14H16FN3O2S/c1-8(2)18-13(10-5-4-9(3)6-11(10)15)16-17-14(18)21-7-12(19)20/h4-6,8H,7H2,1-3H3,(H,19,20). The van der Waals surface area contributed by atoms with Crippen LogP contribution in [0.4, 0.5) is 4.39 Å². The number of halogens is 1. The van der Waals surface area contributed by atoms with Gasteiger partial charge in [-0.1, -0.05) is 17.8 Å². The summed E-state index contributed by atoms with van der Waals surface area (Å²) in [6.07, 6.45) is 0. The van der Waals surface area contributed by atoms with Crippen molar-refractivity contribution in [1.82, 2.24) is 14.8 Å². The van der Waals surface area contributed by atoms with Crippen LogP contribution in [0.2, 0.25) is 0 Å². The molecular weight excluding hydrogens is 293 g/mol. The number of aromatic nitrogens is 3. The topological polar surface area (TPSA) is 68.0 Å². The van der Waals surface area contributed by atoms with E-state index in [-0.39, 0.29) is 17.6 Å². The van der Waals surface area contributed by atoms with Crippen LogP contribution in [-0.2, 0) is 4.79 Å². The fourth-order valence-corrected chi connectivity index (χ4v) is 2.74. The third kappa shape index (κ3) is 3.41. The summed E-state index contributed by atoms with van der Waals surface area (Å²) in [6.45, 7) is 5.65. The highest BCUT2D eigenvalue weighted by Crippen LogP contribution is 2.29. The summed E-state index contributed by atoms with van der Waals surface area (Å²) in [7, 11) is 0. The normalized spacial score (nSPS) is 11.1. The molecule has 1 aromatic carbocycles. The Morgan fingerprint density at radius 3 is 2.71 bits per heavy atom. The molecule has 0 aliphatic rings. The van der Waals surface area contributed by atoms with E-state index in [2.05, 4.69) is 10.2 Å². The average molecular weight is 309 g/mol. The van der Waals surface area contributed by atoms with E-state index in [1.165, 1.54) is 6.07 Å². The molecule has 7 heteroatoms. The van der Waals surface area contributed by atoms with Crippen molar-refractivity contribution < 1.29 is 14.3 Å². The van der Waals surface area contributed by atoms with E-state index in [1.54, 1.807) is 10.6 Å². The molecule has 21 heavy (non-hydrogen) atoms. The molecule has 0 fully saturated rings. The highest BCUT2D eigenvalue weighted by atomic mass is 32.2. The molecule has 0 saturated heterocycles. The number of hydrogen-bond donors (Lipinski definition) is 1. The van der Waals surface area contributed by atoms with E-state index in [0.717, 1.165) is 17.3 Å². The zero-order chi connectivity index (χ0) is 15.6. The van der Waals surface area contributed by atoms with Gasteiger partial charge in [0.05, 0.1) is 11.3 Å². The average Bonchev–Trinajstić information content (AvgIpc) is 2.80. The molecule has 0 amide bonds. The second kappa shape index (κ2) is 6.26. The molecule has 0 saturated carbocycles. The molecule has 0 spiro atoms. The van der Waals surface area contributed by atoms with Gasteiger partial charge >= 0.3 is 5.97 Å². The van der Waals surface area contributed by atoms with Crippen LogP contribution in [-0.4, -0.2) is 31.6 Å². The first-order valence-electron chi connectivity index (χ1n) is 6.46. The number of aryl methyl sites for hydroxylation is 1. The van der Waals surface area contributed by atoms with Gasteiger partial charge in [0.15, 0.2) is 11.0 Å². The Kier molecular flexibility index (Phi) is 4.62. The zero-order valence-electron chi connectivity index (χ0n) is 12.0. The Labute approximate surface area is 126 Å². The van der Waals surface area contributed by atoms with Crippen molar-refractivity contribution in [3.63, 3.8) is 0 Å². The largest absolute Gasteiger partial charge is 0.481 e. The highest BCUT2D eigenvalue weighted by molar-refractivity contribution is 7.99. The molecule has 0 aliphatic carbocycles. The van der Waals surface area contributed by atoms with E-state index in [0.29, 0.717) is 16.5 Å². The minimum atomic E-state index is -0.929. The summed E-state index contributed by atoms with van der Waals surface area (Å²) in [5, 5.41) is 17.3. The first-order valence-corrected chi connectivity index (χ1v) is 7.44. The summed E-state index contributed by atoms with van der Waals surface area (Å²) in [5.74, 6) is -0.989. The zero-order valence-corrected chi connectivity index (χ0v) is 12.8. The smallest absolute Gasteiger partial charge is 0.313 e. The summed E-state index contributed by atoms with van der Waals surface area (Å²) < 4.78 is 15.9. The molecule has 0 unspecified atom stereocenters. The third-order valence-corrected chi connectivity index (χ3v) is 3.80. The summed E-state index contributed by atoms with van der Waals surface area (Å²) in [6, 6.07) is 4.91. The molecule has 1 aromatic heterocycles. The second-order valence-corrected chi connectivity index (χ2v) is 5.88. The number of thioether (sulfide) groups is 1. The lowest BCUT2D eigenvalue weighted by atomic mass is 10.1. The van der Waals surface area contributed by atoms with Crippen LogP contribution in [0.25, 0.3) is 11.4 Å². The quantitative estimate of drug-likeness (QED) is 0.859. The SMILES string of the molecule is Cc1ccc(-c2nnc(SCC(=O)O)n2C(C)C)c(F)c1. The van der Waals surface area contributed by atoms with E-state index in [1.807, 2.05) is 26.8 Å². The fraction of sp³-hybridized carbons (Fsp3) is 0.357. The lowest BCUT2D eigenvalue weighted by molar-refractivity contribution is -0.133. The van der Waals surface area contributed by atoms with Crippen molar-refractivity contribution >= 4 is 17.7 Å². The van der Waals surface area contributed by atoms with Gasteiger partial charge in [0.1, 0.15) is 5.82 Å². The van der Waals surface area contributed by atoms with Gasteiger partial charge in [0.25, 0.3) is 0 Å².